The molecule has 2 rings (SSSR count). The molecule has 3 heteroatoms. The summed E-state index contributed by atoms with van der Waals surface area (Å²) in [5, 5.41) is 3.55. The number of hydrogen-bond donors (Lipinski definition) is 1. The third-order valence-electron chi connectivity index (χ3n) is 4.59. The van der Waals surface area contributed by atoms with Crippen LogP contribution in [-0.4, -0.2) is 25.7 Å². The van der Waals surface area contributed by atoms with E-state index in [-0.39, 0.29) is 0 Å². The lowest BCUT2D eigenvalue weighted by Crippen LogP contribution is -2.34. The lowest BCUT2D eigenvalue weighted by atomic mass is 9.99. The topological polar surface area (TPSA) is 24.5 Å². The van der Waals surface area contributed by atoms with Crippen molar-refractivity contribution < 1.29 is 4.74 Å². The van der Waals surface area contributed by atoms with E-state index in [0.29, 0.717) is 6.04 Å². The number of nitrogens with one attached hydrogen (secondary N) is 1. The number of piperidine rings is 1. The summed E-state index contributed by atoms with van der Waals surface area (Å²) in [5.41, 5.74) is 2.57. The highest BCUT2D eigenvalue weighted by Crippen LogP contribution is 2.32. The van der Waals surface area contributed by atoms with Crippen molar-refractivity contribution in [2.24, 2.45) is 5.92 Å². The maximum Gasteiger partial charge on any atom is 0.142 e. The molecule has 0 saturated carbocycles. The van der Waals surface area contributed by atoms with E-state index in [0.717, 1.165) is 44.3 Å². The fraction of sp³-hybridized carbons (Fsp3) is 0.684. The van der Waals surface area contributed by atoms with E-state index in [9.17, 15) is 0 Å². The first-order valence-corrected chi connectivity index (χ1v) is 8.88. The zero-order valence-electron chi connectivity index (χ0n) is 14.7. The minimum atomic E-state index is 0.554. The molecule has 1 N–H and O–H groups in total. The molecular weight excluding hydrogens is 272 g/mol. The van der Waals surface area contributed by atoms with Crippen molar-refractivity contribution in [1.29, 1.82) is 0 Å². The molecule has 0 radical (unpaired) electrons. The van der Waals surface area contributed by atoms with E-state index < -0.39 is 0 Å². The van der Waals surface area contributed by atoms with Gasteiger partial charge in [0.15, 0.2) is 0 Å². The molecule has 1 fully saturated rings. The Balaban J connectivity index is 2.12. The number of hydrogen-bond acceptors (Lipinski definition) is 3. The van der Waals surface area contributed by atoms with Crippen molar-refractivity contribution in [2.75, 3.05) is 24.6 Å². The van der Waals surface area contributed by atoms with E-state index in [4.69, 9.17) is 4.74 Å². The number of nitrogens with zero attached hydrogens (tertiary/aromatic N) is 1. The van der Waals surface area contributed by atoms with E-state index in [2.05, 4.69) is 56.1 Å². The van der Waals surface area contributed by atoms with Crippen molar-refractivity contribution in [3.63, 3.8) is 0 Å². The van der Waals surface area contributed by atoms with Crippen molar-refractivity contribution in [1.82, 2.24) is 5.32 Å². The Morgan fingerprint density at radius 2 is 2.18 bits per heavy atom. The highest BCUT2D eigenvalue weighted by molar-refractivity contribution is 5.60. The van der Waals surface area contributed by atoms with E-state index in [1.54, 1.807) is 0 Å². The van der Waals surface area contributed by atoms with Crippen LogP contribution in [0.3, 0.4) is 0 Å². The van der Waals surface area contributed by atoms with Gasteiger partial charge in [0.05, 0.1) is 12.3 Å². The Labute approximate surface area is 136 Å². The van der Waals surface area contributed by atoms with Gasteiger partial charge in [-0.15, -0.1) is 0 Å². The second-order valence-electron chi connectivity index (χ2n) is 6.62. The van der Waals surface area contributed by atoms with Crippen LogP contribution < -0.4 is 15.0 Å². The fourth-order valence-electron chi connectivity index (χ4n) is 3.05. The molecule has 0 amide bonds. The summed E-state index contributed by atoms with van der Waals surface area (Å²) in [6.45, 7) is 12.8. The number of rotatable bonds is 7. The highest BCUT2D eigenvalue weighted by atomic mass is 16.5. The van der Waals surface area contributed by atoms with Crippen LogP contribution in [0.5, 0.6) is 5.75 Å². The summed E-state index contributed by atoms with van der Waals surface area (Å²) in [6.07, 6.45) is 3.78. The first kappa shape index (κ1) is 17.1. The molecule has 1 saturated heterocycles. The van der Waals surface area contributed by atoms with Crippen LogP contribution in [0, 0.1) is 5.92 Å². The average molecular weight is 304 g/mol. The van der Waals surface area contributed by atoms with Crippen LogP contribution in [0.1, 0.15) is 52.5 Å². The molecule has 1 aromatic carbocycles. The van der Waals surface area contributed by atoms with Gasteiger partial charge in [-0.25, -0.2) is 0 Å². The van der Waals surface area contributed by atoms with Crippen LogP contribution in [0.4, 0.5) is 5.69 Å². The average Bonchev–Trinajstić information content (AvgIpc) is 2.53. The zero-order valence-corrected chi connectivity index (χ0v) is 14.7. The Kier molecular flexibility index (Phi) is 6.56. The molecule has 0 aromatic heterocycles. The summed E-state index contributed by atoms with van der Waals surface area (Å²) >= 11 is 0. The lowest BCUT2D eigenvalue weighted by Gasteiger charge is -2.34. The van der Waals surface area contributed by atoms with Crippen LogP contribution in [-0.2, 0) is 6.54 Å². The molecule has 1 aliphatic rings. The number of anilines is 1. The number of benzene rings is 1. The van der Waals surface area contributed by atoms with Crippen molar-refractivity contribution in [3.8, 4) is 5.75 Å². The predicted octanol–water partition coefficient (Wildman–Crippen LogP) is 4.21. The summed E-state index contributed by atoms with van der Waals surface area (Å²) in [5.74, 6) is 1.81. The van der Waals surface area contributed by atoms with Gasteiger partial charge in [0.1, 0.15) is 5.75 Å². The smallest absolute Gasteiger partial charge is 0.142 e. The van der Waals surface area contributed by atoms with Gasteiger partial charge in [0, 0.05) is 25.7 Å². The molecule has 0 aliphatic carbocycles. The molecule has 124 valence electrons. The number of ether oxygens (including phenoxy) is 1. The standard InChI is InChI=1S/C19H32N2O/c1-5-16(4)20-13-17-9-10-18(19(12-17)22-6-2)21-11-7-8-15(3)14-21/h9-10,12,15-16,20H,5-8,11,13-14H2,1-4H3. The normalized spacial score (nSPS) is 20.0. The molecule has 1 aromatic rings. The molecule has 2 unspecified atom stereocenters. The molecule has 1 aliphatic heterocycles. The summed E-state index contributed by atoms with van der Waals surface area (Å²) in [7, 11) is 0. The highest BCUT2D eigenvalue weighted by Gasteiger charge is 2.19. The minimum absolute atomic E-state index is 0.554. The van der Waals surface area contributed by atoms with Gasteiger partial charge in [-0.2, -0.15) is 0 Å². The van der Waals surface area contributed by atoms with Crippen molar-refractivity contribution in [2.45, 2.75) is 59.5 Å². The van der Waals surface area contributed by atoms with E-state index >= 15 is 0 Å². The molecule has 22 heavy (non-hydrogen) atoms. The van der Waals surface area contributed by atoms with Gasteiger partial charge in [0.25, 0.3) is 0 Å². The van der Waals surface area contributed by atoms with E-state index in [1.165, 1.54) is 24.1 Å². The van der Waals surface area contributed by atoms with Gasteiger partial charge in [-0.05, 0) is 56.7 Å². The molecule has 1 heterocycles. The Bertz CT molecular complexity index is 461. The van der Waals surface area contributed by atoms with E-state index in [1.807, 2.05) is 0 Å². The van der Waals surface area contributed by atoms with Gasteiger partial charge in [0.2, 0.25) is 0 Å². The van der Waals surface area contributed by atoms with Crippen LogP contribution in [0.15, 0.2) is 18.2 Å². The molecule has 0 bridgehead atoms. The van der Waals surface area contributed by atoms with Gasteiger partial charge in [-0.3, -0.25) is 0 Å². The second kappa shape index (κ2) is 8.42. The summed E-state index contributed by atoms with van der Waals surface area (Å²) in [4.78, 5) is 2.49. The lowest BCUT2D eigenvalue weighted by molar-refractivity contribution is 0.337. The molecule has 3 nitrogen and oxygen atoms in total. The SMILES string of the molecule is CCOc1cc(CNC(C)CC)ccc1N1CCCC(C)C1. The third-order valence-corrected chi connectivity index (χ3v) is 4.59. The van der Waals surface area contributed by atoms with Crippen molar-refractivity contribution in [3.05, 3.63) is 23.8 Å². The molecular formula is C19H32N2O. The summed E-state index contributed by atoms with van der Waals surface area (Å²) < 4.78 is 5.93. The minimum Gasteiger partial charge on any atom is -0.492 e. The summed E-state index contributed by atoms with van der Waals surface area (Å²) in [6, 6.07) is 7.26. The zero-order chi connectivity index (χ0) is 15.9. The molecule has 0 spiro atoms. The quantitative estimate of drug-likeness (QED) is 0.816. The van der Waals surface area contributed by atoms with Crippen LogP contribution in [0.2, 0.25) is 0 Å². The third kappa shape index (κ3) is 4.64. The van der Waals surface area contributed by atoms with Gasteiger partial charge < -0.3 is 15.0 Å². The van der Waals surface area contributed by atoms with Crippen LogP contribution in [0.25, 0.3) is 0 Å². The van der Waals surface area contributed by atoms with Gasteiger partial charge in [-0.1, -0.05) is 19.9 Å². The largest absolute Gasteiger partial charge is 0.492 e. The first-order valence-electron chi connectivity index (χ1n) is 8.88. The van der Waals surface area contributed by atoms with Crippen LogP contribution >= 0.6 is 0 Å². The monoisotopic (exact) mass is 304 g/mol. The Morgan fingerprint density at radius 3 is 2.86 bits per heavy atom. The van der Waals surface area contributed by atoms with Gasteiger partial charge >= 0.3 is 0 Å². The fourth-order valence-corrected chi connectivity index (χ4v) is 3.05. The Hall–Kier alpha value is -1.22. The maximum atomic E-state index is 5.93. The molecule has 2 atom stereocenters. The first-order chi connectivity index (χ1) is 10.6. The van der Waals surface area contributed by atoms with Crippen molar-refractivity contribution >= 4 is 5.69 Å². The maximum absolute atomic E-state index is 5.93. The second-order valence-corrected chi connectivity index (χ2v) is 6.62. The predicted molar refractivity (Wildman–Crippen MR) is 94.8 cm³/mol. The Morgan fingerprint density at radius 1 is 1.36 bits per heavy atom.